The Morgan fingerprint density at radius 2 is 2.06 bits per heavy atom. The Morgan fingerprint density at radius 3 is 2.83 bits per heavy atom. The number of benzene rings is 1. The van der Waals surface area contributed by atoms with E-state index in [4.69, 9.17) is 0 Å². The fourth-order valence-electron chi connectivity index (χ4n) is 4.32. The topological polar surface area (TPSA) is 78.1 Å². The van der Waals surface area contributed by atoms with E-state index in [1.165, 1.54) is 46.6 Å². The predicted molar refractivity (Wildman–Crippen MR) is 152 cm³/mol. The minimum atomic E-state index is -3.57. The molecule has 9 heteroatoms. The Labute approximate surface area is 217 Å². The summed E-state index contributed by atoms with van der Waals surface area (Å²) in [6.45, 7) is 6.53. The second-order valence-corrected chi connectivity index (χ2v) is 13.1. The van der Waals surface area contributed by atoms with E-state index in [2.05, 4.69) is 28.3 Å². The van der Waals surface area contributed by atoms with Crippen molar-refractivity contribution in [1.29, 1.82) is 0 Å². The fourth-order valence-corrected chi connectivity index (χ4v) is 8.36. The van der Waals surface area contributed by atoms with Gasteiger partial charge in [-0.1, -0.05) is 44.4 Å². The highest BCUT2D eigenvalue weighted by Crippen LogP contribution is 2.37. The molecule has 0 bridgehead atoms. The van der Waals surface area contributed by atoms with Gasteiger partial charge < -0.3 is 10.3 Å². The summed E-state index contributed by atoms with van der Waals surface area (Å²) < 4.78 is 28.9. The molecule has 3 aromatic rings. The van der Waals surface area contributed by atoms with Crippen LogP contribution in [0.1, 0.15) is 57.2 Å². The molecule has 35 heavy (non-hydrogen) atoms. The van der Waals surface area contributed by atoms with Crippen LogP contribution in [0.2, 0.25) is 0 Å². The molecule has 6 nitrogen and oxygen atoms in total. The summed E-state index contributed by atoms with van der Waals surface area (Å²) >= 11 is 3.13. The second-order valence-electron chi connectivity index (χ2n) is 8.80. The zero-order chi connectivity index (χ0) is 24.7. The number of thiazole rings is 1. The molecule has 0 fully saturated rings. The van der Waals surface area contributed by atoms with Crippen LogP contribution in [-0.4, -0.2) is 43.8 Å². The van der Waals surface area contributed by atoms with Gasteiger partial charge in [-0.15, -0.1) is 23.1 Å². The van der Waals surface area contributed by atoms with Crippen LogP contribution in [0.5, 0.6) is 0 Å². The number of rotatable bonds is 13. The summed E-state index contributed by atoms with van der Waals surface area (Å²) in [6.07, 6.45) is 11.7. The lowest BCUT2D eigenvalue weighted by Crippen LogP contribution is -2.31. The number of thioether (sulfide) groups is 1. The summed E-state index contributed by atoms with van der Waals surface area (Å²) in [5.41, 5.74) is 2.45. The first-order valence-corrected chi connectivity index (χ1v) is 15.9. The zero-order valence-corrected chi connectivity index (χ0v) is 23.1. The maximum Gasteiger partial charge on any atom is 0.270 e. The fraction of sp³-hybridized carbons (Fsp3) is 0.500. The molecule has 2 N–H and O–H groups in total. The van der Waals surface area contributed by atoms with Gasteiger partial charge in [-0.25, -0.2) is 13.4 Å². The first kappa shape index (κ1) is 26.3. The third kappa shape index (κ3) is 6.31. The summed E-state index contributed by atoms with van der Waals surface area (Å²) in [5.74, 6) is 0.847. The molecule has 1 aliphatic heterocycles. The highest BCUT2D eigenvalue weighted by atomic mass is 32.3. The van der Waals surface area contributed by atoms with E-state index in [9.17, 15) is 8.42 Å². The molecule has 0 unspecified atom stereocenters. The van der Waals surface area contributed by atoms with E-state index >= 15 is 0 Å². The van der Waals surface area contributed by atoms with Crippen molar-refractivity contribution in [2.24, 2.45) is 0 Å². The van der Waals surface area contributed by atoms with Crippen molar-refractivity contribution in [1.82, 2.24) is 15.3 Å². The molecule has 0 saturated heterocycles. The van der Waals surface area contributed by atoms with Crippen molar-refractivity contribution >= 4 is 49.7 Å². The van der Waals surface area contributed by atoms with Crippen molar-refractivity contribution in [2.45, 2.75) is 58.8 Å². The average Bonchev–Trinajstić information content (AvgIpc) is 3.52. The van der Waals surface area contributed by atoms with E-state index in [1.54, 1.807) is 11.3 Å². The van der Waals surface area contributed by atoms with Crippen LogP contribution < -0.4 is 9.62 Å². The largest absolute Gasteiger partial charge is 0.351 e. The van der Waals surface area contributed by atoms with E-state index in [1.807, 2.05) is 37.4 Å². The predicted octanol–water partition coefficient (Wildman–Crippen LogP) is 6.53. The van der Waals surface area contributed by atoms with Crippen LogP contribution in [0.15, 0.2) is 40.8 Å². The third-order valence-electron chi connectivity index (χ3n) is 6.18. The molecule has 0 amide bonds. The maximum absolute atomic E-state index is 13.4. The first-order chi connectivity index (χ1) is 17.0. The van der Waals surface area contributed by atoms with Crippen LogP contribution in [0, 0.1) is 0 Å². The maximum atomic E-state index is 13.4. The minimum absolute atomic E-state index is 0.376. The van der Waals surface area contributed by atoms with Crippen molar-refractivity contribution in [3.63, 3.8) is 0 Å². The molecule has 190 valence electrons. The van der Waals surface area contributed by atoms with Gasteiger partial charge in [0.1, 0.15) is 9.24 Å². The number of fused-ring (bicyclic) bond motifs is 1. The number of aromatic nitrogens is 2. The number of hydrogen-bond acceptors (Lipinski definition) is 6. The number of nitrogens with one attached hydrogen (secondary N) is 2. The Morgan fingerprint density at radius 1 is 1.17 bits per heavy atom. The van der Waals surface area contributed by atoms with Gasteiger partial charge in [0.2, 0.25) is 0 Å². The molecule has 0 spiro atoms. The van der Waals surface area contributed by atoms with Crippen LogP contribution in [0.3, 0.4) is 0 Å². The molecule has 0 aliphatic carbocycles. The summed E-state index contributed by atoms with van der Waals surface area (Å²) in [7, 11) is -3.57. The van der Waals surface area contributed by atoms with Crippen LogP contribution in [-0.2, 0) is 16.4 Å². The summed E-state index contributed by atoms with van der Waals surface area (Å²) in [6, 6.07) is 7.90. The normalized spacial score (nSPS) is 14.4. The quantitative estimate of drug-likeness (QED) is 0.245. The third-order valence-corrected chi connectivity index (χ3v) is 10.9. The molecule has 1 aliphatic rings. The highest BCUT2D eigenvalue weighted by molar-refractivity contribution is 8.19. The van der Waals surface area contributed by atoms with Gasteiger partial charge in [0.15, 0.2) is 0 Å². The van der Waals surface area contributed by atoms with Crippen molar-refractivity contribution in [3.8, 4) is 10.7 Å². The van der Waals surface area contributed by atoms with E-state index < -0.39 is 10.0 Å². The SMILES string of the molecule is CCCCCCNCCc1cnc(-c2cc3cccc(N(CC)S(=O)(=O)C4=CCCCS4)c3[nH]2)s1. The Bertz CT molecular complexity index is 1250. The lowest BCUT2D eigenvalue weighted by Gasteiger charge is -2.25. The molecule has 2 aromatic heterocycles. The average molecular weight is 533 g/mol. The van der Waals surface area contributed by atoms with E-state index in [0.29, 0.717) is 16.5 Å². The van der Waals surface area contributed by atoms with Crippen LogP contribution >= 0.6 is 23.1 Å². The number of H-pyrrole nitrogens is 1. The Balaban J connectivity index is 1.50. The monoisotopic (exact) mass is 532 g/mol. The Hall–Kier alpha value is -1.81. The second kappa shape index (κ2) is 12.4. The summed E-state index contributed by atoms with van der Waals surface area (Å²) in [5, 5.41) is 5.45. The van der Waals surface area contributed by atoms with Gasteiger partial charge in [0.05, 0.1) is 16.9 Å². The molecule has 4 rings (SSSR count). The van der Waals surface area contributed by atoms with Crippen LogP contribution in [0.4, 0.5) is 5.69 Å². The van der Waals surface area contributed by atoms with Crippen molar-refractivity contribution in [3.05, 3.63) is 45.7 Å². The minimum Gasteiger partial charge on any atom is -0.351 e. The van der Waals surface area contributed by atoms with Crippen LogP contribution in [0.25, 0.3) is 21.6 Å². The van der Waals surface area contributed by atoms with Crippen molar-refractivity contribution in [2.75, 3.05) is 29.7 Å². The Kier molecular flexibility index (Phi) is 9.33. The molecule has 0 saturated carbocycles. The number of nitrogens with zero attached hydrogens (tertiary/aromatic N) is 2. The van der Waals surface area contributed by atoms with Gasteiger partial charge in [-0.05, 0) is 57.0 Å². The molecule has 0 radical (unpaired) electrons. The molecule has 0 atom stereocenters. The molecule has 3 heterocycles. The highest BCUT2D eigenvalue weighted by Gasteiger charge is 2.29. The smallest absolute Gasteiger partial charge is 0.270 e. The molecule has 1 aromatic carbocycles. The zero-order valence-electron chi connectivity index (χ0n) is 20.7. The number of unbranched alkanes of at least 4 members (excludes halogenated alkanes) is 3. The van der Waals surface area contributed by atoms with Gasteiger partial charge in [0, 0.05) is 29.5 Å². The lowest BCUT2D eigenvalue weighted by molar-refractivity contribution is 0.599. The number of anilines is 1. The number of allylic oxidation sites excluding steroid dienone is 1. The lowest BCUT2D eigenvalue weighted by atomic mass is 10.2. The van der Waals surface area contributed by atoms with E-state index in [-0.39, 0.29) is 0 Å². The van der Waals surface area contributed by atoms with E-state index in [0.717, 1.165) is 59.7 Å². The molecular weight excluding hydrogens is 497 g/mol. The number of sulfonamides is 1. The number of hydrogen-bond donors (Lipinski definition) is 2. The van der Waals surface area contributed by atoms with Gasteiger partial charge >= 0.3 is 0 Å². The summed E-state index contributed by atoms with van der Waals surface area (Å²) in [4.78, 5) is 9.38. The molecular formula is C26H36N4O2S3. The van der Waals surface area contributed by atoms with Gasteiger partial charge in [-0.2, -0.15) is 0 Å². The number of para-hydroxylation sites is 1. The first-order valence-electron chi connectivity index (χ1n) is 12.7. The van der Waals surface area contributed by atoms with Gasteiger partial charge in [-0.3, -0.25) is 4.31 Å². The van der Waals surface area contributed by atoms with Crippen molar-refractivity contribution < 1.29 is 8.42 Å². The van der Waals surface area contributed by atoms with Gasteiger partial charge in [0.25, 0.3) is 10.0 Å². The standard InChI is InChI=1S/C26H36N4O2S3/c1-3-5-6-8-15-27-16-14-21-19-28-26(34-21)22-18-20-11-10-12-23(25(20)29-22)30(4-2)35(31,32)24-13-7-9-17-33-24/h10-13,18-19,27,29H,3-9,14-17H2,1-2H3. The number of aromatic amines is 1.